The number of carbonyl (C=O) groups excluding carboxylic acids is 2. The van der Waals surface area contributed by atoms with Crippen molar-refractivity contribution in [2.24, 2.45) is 0 Å². The van der Waals surface area contributed by atoms with Gasteiger partial charge in [-0.2, -0.15) is 10.1 Å². The van der Waals surface area contributed by atoms with E-state index in [2.05, 4.69) is 30.8 Å². The summed E-state index contributed by atoms with van der Waals surface area (Å²) >= 11 is 0. The summed E-state index contributed by atoms with van der Waals surface area (Å²) in [4.78, 5) is 30.7. The molecule has 10 heteroatoms. The Balaban J connectivity index is 1.55. The number of rotatable bonds is 9. The summed E-state index contributed by atoms with van der Waals surface area (Å²) in [5.74, 6) is 0.680. The second-order valence-electron chi connectivity index (χ2n) is 8.53. The van der Waals surface area contributed by atoms with Crippen molar-refractivity contribution in [1.82, 2.24) is 30.1 Å². The Labute approximate surface area is 182 Å². The minimum atomic E-state index is -0.576. The van der Waals surface area contributed by atoms with Crippen molar-refractivity contribution in [2.75, 3.05) is 26.0 Å². The first-order chi connectivity index (χ1) is 14.9. The van der Waals surface area contributed by atoms with E-state index in [4.69, 9.17) is 4.52 Å². The van der Waals surface area contributed by atoms with Gasteiger partial charge in [-0.3, -0.25) is 14.3 Å². The molecule has 2 heterocycles. The summed E-state index contributed by atoms with van der Waals surface area (Å²) in [6, 6.07) is 0. The average Bonchev–Trinajstić information content (AvgIpc) is 3.30. The van der Waals surface area contributed by atoms with E-state index in [1.54, 1.807) is 10.9 Å². The molecular weight excluding hydrogens is 398 g/mol. The van der Waals surface area contributed by atoms with Crippen LogP contribution in [0.2, 0.25) is 0 Å². The van der Waals surface area contributed by atoms with Crippen molar-refractivity contribution >= 4 is 17.5 Å². The maximum absolute atomic E-state index is 12.3. The molecule has 1 saturated carbocycles. The molecule has 2 N–H and O–H groups in total. The van der Waals surface area contributed by atoms with Crippen LogP contribution in [0.5, 0.6) is 0 Å². The van der Waals surface area contributed by atoms with Crippen LogP contribution in [0.1, 0.15) is 63.6 Å². The third-order valence-corrected chi connectivity index (χ3v) is 5.53. The van der Waals surface area contributed by atoms with Crippen molar-refractivity contribution in [2.45, 2.75) is 70.4 Å². The lowest BCUT2D eigenvalue weighted by Crippen LogP contribution is -2.45. The number of aryl methyl sites for hydroxylation is 1. The summed E-state index contributed by atoms with van der Waals surface area (Å²) in [6.45, 7) is 3.14. The molecule has 0 unspecified atom stereocenters. The lowest BCUT2D eigenvalue weighted by atomic mass is 9.89. The number of amides is 2. The second kappa shape index (κ2) is 10.5. The van der Waals surface area contributed by atoms with Crippen molar-refractivity contribution in [3.8, 4) is 0 Å². The smallest absolute Gasteiger partial charge is 0.227 e. The summed E-state index contributed by atoms with van der Waals surface area (Å²) < 4.78 is 7.21. The molecule has 0 aromatic carbocycles. The Morgan fingerprint density at radius 2 is 1.97 bits per heavy atom. The molecule has 3 rings (SSSR count). The zero-order valence-corrected chi connectivity index (χ0v) is 18.7. The van der Waals surface area contributed by atoms with E-state index >= 15 is 0 Å². The highest BCUT2D eigenvalue weighted by Gasteiger charge is 2.38. The number of anilines is 1. The molecule has 10 nitrogen and oxygen atoms in total. The first kappa shape index (κ1) is 22.9. The van der Waals surface area contributed by atoms with Crippen LogP contribution in [0.25, 0.3) is 0 Å². The zero-order chi connectivity index (χ0) is 22.3. The van der Waals surface area contributed by atoms with E-state index in [1.165, 1.54) is 6.92 Å². The zero-order valence-electron chi connectivity index (χ0n) is 18.7. The Hall–Kier alpha value is -2.75. The predicted molar refractivity (Wildman–Crippen MR) is 115 cm³/mol. The lowest BCUT2D eigenvalue weighted by molar-refractivity contribution is -0.121. The third-order valence-electron chi connectivity index (χ3n) is 5.53. The number of likely N-dealkylation sites (N-methyl/N-ethyl adjacent to an activating group) is 1. The lowest BCUT2D eigenvalue weighted by Gasteiger charge is -2.30. The van der Waals surface area contributed by atoms with Gasteiger partial charge in [0.2, 0.25) is 17.7 Å². The molecular formula is C21H33N7O3. The Morgan fingerprint density at radius 1 is 1.23 bits per heavy atom. The minimum Gasteiger partial charge on any atom is -0.343 e. The number of nitrogens with zero attached hydrogens (tertiary/aromatic N) is 5. The number of carbonyl (C=O) groups is 2. The first-order valence-electron chi connectivity index (χ1n) is 11.0. The summed E-state index contributed by atoms with van der Waals surface area (Å²) in [5, 5.41) is 14.3. The van der Waals surface area contributed by atoms with Crippen molar-refractivity contribution in [1.29, 1.82) is 0 Å². The van der Waals surface area contributed by atoms with E-state index in [9.17, 15) is 9.59 Å². The van der Waals surface area contributed by atoms with Gasteiger partial charge in [0.05, 0.1) is 18.4 Å². The minimum absolute atomic E-state index is 0.0984. The number of hydrogen-bond donors (Lipinski definition) is 2. The van der Waals surface area contributed by atoms with Gasteiger partial charge >= 0.3 is 0 Å². The quantitative estimate of drug-likeness (QED) is 0.584. The molecule has 2 aromatic rings. The maximum Gasteiger partial charge on any atom is 0.227 e. The normalized spacial score (nSPS) is 16.1. The van der Waals surface area contributed by atoms with Crippen LogP contribution < -0.4 is 10.6 Å². The number of aromatic nitrogens is 4. The Kier molecular flexibility index (Phi) is 7.78. The van der Waals surface area contributed by atoms with Crippen LogP contribution in [-0.4, -0.2) is 57.3 Å². The molecule has 0 aliphatic heterocycles. The van der Waals surface area contributed by atoms with Crippen LogP contribution >= 0.6 is 0 Å². The molecule has 1 fully saturated rings. The maximum atomic E-state index is 12.3. The molecule has 0 spiro atoms. The summed E-state index contributed by atoms with van der Waals surface area (Å²) in [7, 11) is 4.01. The molecule has 0 bridgehead atoms. The summed E-state index contributed by atoms with van der Waals surface area (Å²) in [6.07, 6.45) is 9.89. The molecule has 170 valence electrons. The van der Waals surface area contributed by atoms with Gasteiger partial charge < -0.3 is 20.1 Å². The van der Waals surface area contributed by atoms with Crippen molar-refractivity contribution in [3.05, 3.63) is 24.1 Å². The monoisotopic (exact) mass is 431 g/mol. The van der Waals surface area contributed by atoms with Crippen molar-refractivity contribution < 1.29 is 14.1 Å². The highest BCUT2D eigenvalue weighted by atomic mass is 16.5. The molecule has 2 amide bonds. The third kappa shape index (κ3) is 6.61. The largest absolute Gasteiger partial charge is 0.343 e. The van der Waals surface area contributed by atoms with Crippen LogP contribution in [-0.2, 0) is 28.1 Å². The molecule has 2 aromatic heterocycles. The van der Waals surface area contributed by atoms with Gasteiger partial charge in [-0.1, -0.05) is 30.8 Å². The Bertz CT molecular complexity index is 866. The van der Waals surface area contributed by atoms with E-state index in [0.717, 1.165) is 51.6 Å². The molecule has 0 radical (unpaired) electrons. The van der Waals surface area contributed by atoms with Gasteiger partial charge in [0.25, 0.3) is 0 Å². The fraction of sp³-hybridized carbons (Fsp3) is 0.667. The van der Waals surface area contributed by atoms with Gasteiger partial charge in [-0.25, -0.2) is 0 Å². The Morgan fingerprint density at radius 3 is 2.65 bits per heavy atom. The van der Waals surface area contributed by atoms with Crippen LogP contribution in [0.3, 0.4) is 0 Å². The summed E-state index contributed by atoms with van der Waals surface area (Å²) in [5.41, 5.74) is 0.0889. The van der Waals surface area contributed by atoms with Gasteiger partial charge in [-0.05, 0) is 26.9 Å². The molecule has 0 atom stereocenters. The number of nitrogens with one attached hydrogen (secondary N) is 2. The second-order valence-corrected chi connectivity index (χ2v) is 8.53. The van der Waals surface area contributed by atoms with Crippen LogP contribution in [0.15, 0.2) is 16.9 Å². The van der Waals surface area contributed by atoms with Crippen LogP contribution in [0, 0.1) is 0 Å². The highest BCUT2D eigenvalue weighted by Crippen LogP contribution is 2.34. The predicted octanol–water partition coefficient (Wildman–Crippen LogP) is 2.08. The highest BCUT2D eigenvalue weighted by molar-refractivity contribution is 5.90. The molecule has 1 aliphatic carbocycles. The fourth-order valence-corrected chi connectivity index (χ4v) is 3.92. The standard InChI is InChI=1S/C21H33N7O3/c1-16(29)25-21(10-6-4-5-7-11-21)20-24-19(31-26-20)9-8-18(30)23-17-14-22-28(15-17)13-12-27(2)3/h14-15H,4-13H2,1-3H3,(H,23,30)(H,25,29). The van der Waals surface area contributed by atoms with Gasteiger partial charge in [0, 0.05) is 32.5 Å². The van der Waals surface area contributed by atoms with E-state index in [1.807, 2.05) is 20.3 Å². The van der Waals surface area contributed by atoms with Crippen molar-refractivity contribution in [3.63, 3.8) is 0 Å². The first-order valence-corrected chi connectivity index (χ1v) is 11.0. The molecule has 31 heavy (non-hydrogen) atoms. The van der Waals surface area contributed by atoms with Gasteiger partial charge in [0.15, 0.2) is 5.82 Å². The topological polar surface area (TPSA) is 118 Å². The van der Waals surface area contributed by atoms with E-state index < -0.39 is 5.54 Å². The van der Waals surface area contributed by atoms with Gasteiger partial charge in [0.1, 0.15) is 5.54 Å². The van der Waals surface area contributed by atoms with E-state index in [0.29, 0.717) is 23.8 Å². The molecule has 0 saturated heterocycles. The van der Waals surface area contributed by atoms with E-state index in [-0.39, 0.29) is 18.2 Å². The number of hydrogen-bond acceptors (Lipinski definition) is 7. The van der Waals surface area contributed by atoms with Crippen LogP contribution in [0.4, 0.5) is 5.69 Å². The average molecular weight is 432 g/mol. The fourth-order valence-electron chi connectivity index (χ4n) is 3.92. The van der Waals surface area contributed by atoms with Gasteiger partial charge in [-0.15, -0.1) is 0 Å². The molecule has 1 aliphatic rings. The SMILES string of the molecule is CC(=O)NC1(c2noc(CCC(=O)Nc3cnn(CCN(C)C)c3)n2)CCCCCC1.